The molecule has 1 saturated heterocycles. The van der Waals surface area contributed by atoms with Crippen LogP contribution in [0, 0.1) is 0 Å². The van der Waals surface area contributed by atoms with E-state index in [-0.39, 0.29) is 11.5 Å². The quantitative estimate of drug-likeness (QED) is 0.492. The smallest absolute Gasteiger partial charge is 0.343 e. The topological polar surface area (TPSA) is 108 Å². The van der Waals surface area contributed by atoms with Crippen molar-refractivity contribution in [1.82, 2.24) is 4.90 Å². The minimum absolute atomic E-state index is 0.158. The van der Waals surface area contributed by atoms with Crippen LogP contribution >= 0.6 is 11.8 Å². The summed E-state index contributed by atoms with van der Waals surface area (Å²) in [5.74, 6) is -1.16. The van der Waals surface area contributed by atoms with Crippen molar-refractivity contribution in [3.05, 3.63) is 28.7 Å². The van der Waals surface area contributed by atoms with Crippen LogP contribution in [0.3, 0.4) is 0 Å². The summed E-state index contributed by atoms with van der Waals surface area (Å²) >= 11 is 0.725. The van der Waals surface area contributed by atoms with Gasteiger partial charge in [-0.15, -0.1) is 0 Å². The SMILES string of the molecule is COC(=O)COc1ccc(/C=C2/SC(=O)N([C@H](C)C(=O)OC)C2=O)cc1OC. The average molecular weight is 409 g/mol. The van der Waals surface area contributed by atoms with Crippen molar-refractivity contribution in [3.8, 4) is 11.5 Å². The zero-order chi connectivity index (χ0) is 20.8. The number of thioether (sulfide) groups is 1. The number of nitrogens with zero attached hydrogens (tertiary/aromatic N) is 1. The van der Waals surface area contributed by atoms with Crippen molar-refractivity contribution in [1.29, 1.82) is 0 Å². The second-order valence-electron chi connectivity index (χ2n) is 5.53. The van der Waals surface area contributed by atoms with Crippen molar-refractivity contribution < 1.29 is 38.1 Å². The van der Waals surface area contributed by atoms with Crippen LogP contribution < -0.4 is 9.47 Å². The van der Waals surface area contributed by atoms with Crippen LogP contribution in [0.2, 0.25) is 0 Å². The van der Waals surface area contributed by atoms with E-state index < -0.39 is 29.1 Å². The first-order valence-corrected chi connectivity index (χ1v) is 8.86. The lowest BCUT2D eigenvalue weighted by atomic mass is 10.1. The number of imide groups is 1. The van der Waals surface area contributed by atoms with Gasteiger partial charge in [-0.2, -0.15) is 0 Å². The molecule has 1 aliphatic rings. The first kappa shape index (κ1) is 21.3. The molecule has 0 aromatic heterocycles. The Morgan fingerprint density at radius 3 is 2.46 bits per heavy atom. The Morgan fingerprint density at radius 1 is 1.14 bits per heavy atom. The van der Waals surface area contributed by atoms with Gasteiger partial charge in [-0.25, -0.2) is 9.59 Å². The van der Waals surface area contributed by atoms with E-state index >= 15 is 0 Å². The molecule has 1 atom stereocenters. The molecule has 0 spiro atoms. The van der Waals surface area contributed by atoms with Gasteiger partial charge in [0.25, 0.3) is 11.1 Å². The molecule has 0 bridgehead atoms. The standard InChI is InChI=1S/C18H19NO8S/c1-10(17(22)26-4)19-16(21)14(28-18(19)23)8-11-5-6-12(13(7-11)24-2)27-9-15(20)25-3/h5-8,10H,9H2,1-4H3/b14-8+/t10-/m1/s1. The lowest BCUT2D eigenvalue weighted by molar-refractivity contribution is -0.148. The molecular formula is C18H19NO8S. The van der Waals surface area contributed by atoms with Crippen LogP contribution in [-0.2, 0) is 23.9 Å². The van der Waals surface area contributed by atoms with Gasteiger partial charge in [0.2, 0.25) is 0 Å². The summed E-state index contributed by atoms with van der Waals surface area (Å²) in [6, 6.07) is 3.76. The Kier molecular flexibility index (Phi) is 7.05. The predicted octanol–water partition coefficient (Wildman–Crippen LogP) is 1.84. The largest absolute Gasteiger partial charge is 0.493 e. The van der Waals surface area contributed by atoms with Crippen LogP contribution in [0.5, 0.6) is 11.5 Å². The molecule has 0 radical (unpaired) electrons. The highest BCUT2D eigenvalue weighted by Gasteiger charge is 2.41. The number of benzene rings is 1. The number of methoxy groups -OCH3 is 3. The third-order valence-electron chi connectivity index (χ3n) is 3.81. The summed E-state index contributed by atoms with van der Waals surface area (Å²) in [6.07, 6.45) is 1.50. The minimum Gasteiger partial charge on any atom is -0.493 e. The zero-order valence-corrected chi connectivity index (χ0v) is 16.5. The van der Waals surface area contributed by atoms with Gasteiger partial charge in [0.1, 0.15) is 6.04 Å². The Morgan fingerprint density at radius 2 is 1.86 bits per heavy atom. The number of carbonyl (C=O) groups excluding carboxylic acids is 4. The van der Waals surface area contributed by atoms with Gasteiger partial charge >= 0.3 is 11.9 Å². The number of amides is 2. The molecule has 0 N–H and O–H groups in total. The molecule has 1 aromatic carbocycles. The molecule has 150 valence electrons. The van der Waals surface area contributed by atoms with E-state index in [2.05, 4.69) is 9.47 Å². The maximum Gasteiger partial charge on any atom is 0.343 e. The summed E-state index contributed by atoms with van der Waals surface area (Å²) in [5, 5.41) is -0.556. The minimum atomic E-state index is -1.02. The first-order chi connectivity index (χ1) is 13.3. The molecule has 28 heavy (non-hydrogen) atoms. The number of carbonyl (C=O) groups is 4. The summed E-state index contributed by atoms with van der Waals surface area (Å²) in [4.78, 5) is 48.5. The fourth-order valence-electron chi connectivity index (χ4n) is 2.33. The second-order valence-corrected chi connectivity index (χ2v) is 6.52. The van der Waals surface area contributed by atoms with Crippen LogP contribution in [0.25, 0.3) is 6.08 Å². The summed E-state index contributed by atoms with van der Waals surface area (Å²) in [7, 11) is 3.86. The number of esters is 2. The van der Waals surface area contributed by atoms with Crippen LogP contribution in [-0.4, -0.2) is 62.0 Å². The van der Waals surface area contributed by atoms with E-state index in [0.29, 0.717) is 17.1 Å². The Balaban J connectivity index is 2.23. The average Bonchev–Trinajstić information content (AvgIpc) is 2.98. The third-order valence-corrected chi connectivity index (χ3v) is 4.70. The summed E-state index contributed by atoms with van der Waals surface area (Å²) in [5.41, 5.74) is 0.568. The normalized spacial score (nSPS) is 16.1. The first-order valence-electron chi connectivity index (χ1n) is 8.05. The monoisotopic (exact) mass is 409 g/mol. The molecule has 1 heterocycles. The van der Waals surface area contributed by atoms with Crippen molar-refractivity contribution in [2.75, 3.05) is 27.9 Å². The highest BCUT2D eigenvalue weighted by Crippen LogP contribution is 2.35. The molecule has 1 fully saturated rings. The second kappa shape index (κ2) is 9.27. The van der Waals surface area contributed by atoms with Crippen molar-refractivity contribution in [3.63, 3.8) is 0 Å². The molecule has 1 aromatic rings. The van der Waals surface area contributed by atoms with Crippen LogP contribution in [0.4, 0.5) is 4.79 Å². The molecule has 1 aliphatic heterocycles. The Bertz CT molecular complexity index is 835. The maximum absolute atomic E-state index is 12.5. The summed E-state index contributed by atoms with van der Waals surface area (Å²) in [6.45, 7) is 1.14. The number of ether oxygens (including phenoxy) is 4. The third kappa shape index (κ3) is 4.63. The van der Waals surface area contributed by atoms with E-state index in [1.54, 1.807) is 18.2 Å². The molecule has 0 aliphatic carbocycles. The zero-order valence-electron chi connectivity index (χ0n) is 15.7. The van der Waals surface area contributed by atoms with Gasteiger partial charge in [-0.1, -0.05) is 6.07 Å². The van der Waals surface area contributed by atoms with E-state index in [1.807, 2.05) is 0 Å². The highest BCUT2D eigenvalue weighted by atomic mass is 32.2. The lowest BCUT2D eigenvalue weighted by Crippen LogP contribution is -2.42. The molecule has 9 nitrogen and oxygen atoms in total. The van der Waals surface area contributed by atoms with E-state index in [9.17, 15) is 19.2 Å². The molecule has 0 saturated carbocycles. The number of rotatable bonds is 7. The fraction of sp³-hybridized carbons (Fsp3) is 0.333. The number of hydrogen-bond acceptors (Lipinski definition) is 9. The van der Waals surface area contributed by atoms with Gasteiger partial charge in [-0.05, 0) is 42.5 Å². The van der Waals surface area contributed by atoms with Crippen molar-refractivity contribution >= 4 is 40.9 Å². The van der Waals surface area contributed by atoms with Gasteiger partial charge in [0, 0.05) is 0 Å². The number of hydrogen-bond donors (Lipinski definition) is 0. The lowest BCUT2D eigenvalue weighted by Gasteiger charge is -2.18. The van der Waals surface area contributed by atoms with E-state index in [4.69, 9.17) is 9.47 Å². The van der Waals surface area contributed by atoms with E-state index in [1.165, 1.54) is 34.3 Å². The molecule has 0 unspecified atom stereocenters. The van der Waals surface area contributed by atoms with Gasteiger partial charge in [0.05, 0.1) is 26.2 Å². The van der Waals surface area contributed by atoms with Crippen LogP contribution in [0.1, 0.15) is 12.5 Å². The Labute approximate surface area is 165 Å². The maximum atomic E-state index is 12.5. The van der Waals surface area contributed by atoms with Gasteiger partial charge in [0.15, 0.2) is 18.1 Å². The summed E-state index contributed by atoms with van der Waals surface area (Å²) < 4.78 is 19.7. The molecule has 10 heteroatoms. The molecule has 2 amide bonds. The van der Waals surface area contributed by atoms with Crippen molar-refractivity contribution in [2.24, 2.45) is 0 Å². The highest BCUT2D eigenvalue weighted by molar-refractivity contribution is 8.18. The van der Waals surface area contributed by atoms with Crippen molar-refractivity contribution in [2.45, 2.75) is 13.0 Å². The van der Waals surface area contributed by atoms with Gasteiger partial charge in [-0.3, -0.25) is 14.5 Å². The molecular weight excluding hydrogens is 390 g/mol. The van der Waals surface area contributed by atoms with E-state index in [0.717, 1.165) is 16.7 Å². The van der Waals surface area contributed by atoms with Crippen LogP contribution in [0.15, 0.2) is 23.1 Å². The Hall–Kier alpha value is -3.01. The van der Waals surface area contributed by atoms with Gasteiger partial charge < -0.3 is 18.9 Å². The molecule has 2 rings (SSSR count). The fourth-order valence-corrected chi connectivity index (χ4v) is 3.24. The predicted molar refractivity (Wildman–Crippen MR) is 99.8 cm³/mol.